The first kappa shape index (κ1) is 32.5. The summed E-state index contributed by atoms with van der Waals surface area (Å²) in [5.41, 5.74) is 5.80. The maximum Gasteiger partial charge on any atom is 0.292 e. The first-order chi connectivity index (χ1) is 25.0. The molecule has 8 heteroatoms. The van der Waals surface area contributed by atoms with Crippen molar-refractivity contribution in [2.45, 2.75) is 38.4 Å². The van der Waals surface area contributed by atoms with E-state index in [0.29, 0.717) is 11.5 Å². The zero-order valence-electron chi connectivity index (χ0n) is 28.3. The highest BCUT2D eigenvalue weighted by molar-refractivity contribution is 5.85. The van der Waals surface area contributed by atoms with Gasteiger partial charge in [0.2, 0.25) is 13.6 Å². The van der Waals surface area contributed by atoms with Crippen molar-refractivity contribution in [3.05, 3.63) is 137 Å². The summed E-state index contributed by atoms with van der Waals surface area (Å²) in [6.45, 7) is 3.79. The van der Waals surface area contributed by atoms with Crippen molar-refractivity contribution in [2.75, 3.05) is 26.8 Å². The van der Waals surface area contributed by atoms with Gasteiger partial charge in [-0.2, -0.15) is 0 Å². The predicted octanol–water partition coefficient (Wildman–Crippen LogP) is 8.47. The molecule has 2 unspecified atom stereocenters. The number of nitrogens with zero attached hydrogens (tertiary/aromatic N) is 1. The Kier molecular flexibility index (Phi) is 9.30. The van der Waals surface area contributed by atoms with Crippen LogP contribution in [0.5, 0.6) is 28.7 Å². The molecular formula is C43H37NO7. The molecule has 2 heterocycles. The van der Waals surface area contributed by atoms with Crippen molar-refractivity contribution in [3.8, 4) is 35.0 Å². The summed E-state index contributed by atoms with van der Waals surface area (Å²) >= 11 is 0. The molecule has 2 aliphatic rings. The summed E-state index contributed by atoms with van der Waals surface area (Å²) in [5.74, 6) is 3.51. The zero-order chi connectivity index (χ0) is 34.6. The fourth-order valence-electron chi connectivity index (χ4n) is 6.35. The van der Waals surface area contributed by atoms with E-state index in [4.69, 9.17) is 38.4 Å². The number of fused-ring (bicyclic) bond motifs is 2. The number of rotatable bonds is 15. The van der Waals surface area contributed by atoms with E-state index in [1.807, 2.05) is 54.6 Å². The largest absolute Gasteiger partial charge is 0.457 e. The summed E-state index contributed by atoms with van der Waals surface area (Å²) in [4.78, 5) is 0. The Hall–Kier alpha value is -5.75. The molecule has 0 N–H and O–H groups in total. The third kappa shape index (κ3) is 8.35. The predicted molar refractivity (Wildman–Crippen MR) is 194 cm³/mol. The molecule has 0 saturated carbocycles. The molecule has 2 atom stereocenters. The fraction of sp³-hybridized carbons (Fsp3) is 0.233. The van der Waals surface area contributed by atoms with E-state index < -0.39 is 0 Å². The Balaban J connectivity index is 0.919. The van der Waals surface area contributed by atoms with Gasteiger partial charge >= 0.3 is 0 Å². The van der Waals surface area contributed by atoms with Gasteiger partial charge in [-0.1, -0.05) is 66.2 Å². The molecule has 0 amide bonds. The lowest BCUT2D eigenvalue weighted by atomic mass is 9.97. The smallest absolute Gasteiger partial charge is 0.292 e. The summed E-state index contributed by atoms with van der Waals surface area (Å²) < 4.78 is 40.4. The number of aryl methyl sites for hydroxylation is 1. The molecule has 2 saturated heterocycles. The number of nitriles is 1. The SMILES string of the molecule is Cc1ccc2cc(OCOc3ccc(Cc4ccc(OCOc5ccc6ccc(OC#N)cc6c5)c(CC5CO5)c4)cc3CC3CO3)ccc2c1. The number of hydrogen-bond acceptors (Lipinski definition) is 8. The van der Waals surface area contributed by atoms with Gasteiger partial charge in [0, 0.05) is 12.8 Å². The van der Waals surface area contributed by atoms with Crippen LogP contribution in [0.3, 0.4) is 0 Å². The molecule has 8 rings (SSSR count). The highest BCUT2D eigenvalue weighted by Crippen LogP contribution is 2.31. The molecule has 0 spiro atoms. The Bertz CT molecular complexity index is 2240. The lowest BCUT2D eigenvalue weighted by Gasteiger charge is -2.15. The summed E-state index contributed by atoms with van der Waals surface area (Å²) in [6, 6.07) is 36.5. The van der Waals surface area contributed by atoms with E-state index in [2.05, 4.69) is 55.5 Å². The number of ether oxygens (including phenoxy) is 7. The van der Waals surface area contributed by atoms with Gasteiger partial charge < -0.3 is 33.2 Å². The van der Waals surface area contributed by atoms with Crippen molar-refractivity contribution in [2.24, 2.45) is 0 Å². The monoisotopic (exact) mass is 679 g/mol. The van der Waals surface area contributed by atoms with E-state index in [-0.39, 0.29) is 25.8 Å². The van der Waals surface area contributed by atoms with Crippen molar-refractivity contribution in [1.29, 1.82) is 5.26 Å². The van der Waals surface area contributed by atoms with E-state index in [0.717, 1.165) is 77.0 Å². The van der Waals surface area contributed by atoms with Crippen molar-refractivity contribution in [1.82, 2.24) is 0 Å². The molecule has 0 radical (unpaired) electrons. The molecule has 0 bridgehead atoms. The third-order valence-electron chi connectivity index (χ3n) is 9.15. The van der Waals surface area contributed by atoms with E-state index >= 15 is 0 Å². The van der Waals surface area contributed by atoms with Gasteiger partial charge in [0.15, 0.2) is 0 Å². The van der Waals surface area contributed by atoms with Crippen LogP contribution in [0.2, 0.25) is 0 Å². The topological polar surface area (TPSA) is 95.0 Å². The molecule has 0 aliphatic carbocycles. The average molecular weight is 680 g/mol. The van der Waals surface area contributed by atoms with Crippen molar-refractivity contribution in [3.63, 3.8) is 0 Å². The van der Waals surface area contributed by atoms with Gasteiger partial charge in [0.1, 0.15) is 28.7 Å². The summed E-state index contributed by atoms with van der Waals surface area (Å²) in [7, 11) is 0. The third-order valence-corrected chi connectivity index (χ3v) is 9.15. The van der Waals surface area contributed by atoms with E-state index in [1.165, 1.54) is 22.1 Å². The first-order valence-electron chi connectivity index (χ1n) is 17.1. The molecule has 51 heavy (non-hydrogen) atoms. The quantitative estimate of drug-likeness (QED) is 0.0606. The van der Waals surface area contributed by atoms with Crippen LogP contribution in [0.1, 0.15) is 27.8 Å². The lowest BCUT2D eigenvalue weighted by molar-refractivity contribution is 0.118. The van der Waals surface area contributed by atoms with Gasteiger partial charge in [-0.05, 0) is 106 Å². The van der Waals surface area contributed by atoms with Gasteiger partial charge in [-0.15, -0.1) is 5.26 Å². The Labute approximate surface area is 296 Å². The van der Waals surface area contributed by atoms with Crippen molar-refractivity contribution < 1.29 is 33.2 Å². The van der Waals surface area contributed by atoms with Gasteiger partial charge in [-0.25, -0.2) is 0 Å². The average Bonchev–Trinajstić information content (AvgIpc) is 4.08. The Morgan fingerprint density at radius 3 is 1.67 bits per heavy atom. The molecule has 2 fully saturated rings. The Morgan fingerprint density at radius 2 is 1.08 bits per heavy atom. The normalized spacial score (nSPS) is 16.0. The van der Waals surface area contributed by atoms with Crippen molar-refractivity contribution >= 4 is 21.5 Å². The highest BCUT2D eigenvalue weighted by atomic mass is 16.7. The van der Waals surface area contributed by atoms with Crippen LogP contribution in [0.15, 0.2) is 109 Å². The molecular weight excluding hydrogens is 642 g/mol. The number of epoxide rings is 2. The van der Waals surface area contributed by atoms with Gasteiger partial charge in [-0.3, -0.25) is 0 Å². The minimum Gasteiger partial charge on any atom is -0.457 e. The molecule has 256 valence electrons. The summed E-state index contributed by atoms with van der Waals surface area (Å²) in [6.07, 6.45) is 4.47. The highest BCUT2D eigenvalue weighted by Gasteiger charge is 2.26. The maximum atomic E-state index is 8.84. The number of hydrogen-bond donors (Lipinski definition) is 0. The van der Waals surface area contributed by atoms with Crippen LogP contribution in [-0.4, -0.2) is 39.0 Å². The van der Waals surface area contributed by atoms with Gasteiger partial charge in [0.25, 0.3) is 6.26 Å². The van der Waals surface area contributed by atoms with E-state index in [1.54, 1.807) is 12.3 Å². The molecule has 8 nitrogen and oxygen atoms in total. The van der Waals surface area contributed by atoms with Crippen LogP contribution in [-0.2, 0) is 28.7 Å². The second-order valence-electron chi connectivity index (χ2n) is 13.1. The van der Waals surface area contributed by atoms with Crippen LogP contribution in [0.25, 0.3) is 21.5 Å². The van der Waals surface area contributed by atoms with Crippen LogP contribution < -0.4 is 23.7 Å². The standard InChI is InChI=1S/C43H37NO7/c1-28-2-5-33-18-38(11-8-32(33)14-28)48-26-50-42-12-3-29(16-35(42)21-40-23-45-40)15-30-4-13-43(36(17-30)22-41-24-46-41)51-27-49-39-10-7-31-6-9-37(47-25-44)19-34(31)20-39/h2-14,16-20,40-41H,15,21-24,26-27H2,1H3. The lowest BCUT2D eigenvalue weighted by Crippen LogP contribution is -2.09. The van der Waals surface area contributed by atoms with Crippen LogP contribution in [0, 0.1) is 18.4 Å². The molecule has 0 aromatic heterocycles. The molecule has 6 aromatic carbocycles. The summed E-state index contributed by atoms with van der Waals surface area (Å²) in [5, 5.41) is 13.1. The number of benzene rings is 6. The zero-order valence-corrected chi connectivity index (χ0v) is 28.3. The Morgan fingerprint density at radius 1 is 0.569 bits per heavy atom. The van der Waals surface area contributed by atoms with Crippen LogP contribution in [0.4, 0.5) is 0 Å². The van der Waals surface area contributed by atoms with Gasteiger partial charge in [0.05, 0.1) is 25.4 Å². The minimum absolute atomic E-state index is 0.0517. The second-order valence-corrected chi connectivity index (χ2v) is 13.1. The van der Waals surface area contributed by atoms with Crippen LogP contribution >= 0.6 is 0 Å². The minimum atomic E-state index is 0.0517. The second kappa shape index (κ2) is 14.6. The fourth-order valence-corrected chi connectivity index (χ4v) is 6.35. The molecule has 6 aromatic rings. The first-order valence-corrected chi connectivity index (χ1v) is 17.1. The molecule has 2 aliphatic heterocycles. The maximum absolute atomic E-state index is 8.84. The van der Waals surface area contributed by atoms with E-state index in [9.17, 15) is 0 Å².